The number of rotatable bonds is 8. The fourth-order valence-electron chi connectivity index (χ4n) is 5.88. The Morgan fingerprint density at radius 2 is 1.74 bits per heavy atom. The molecule has 0 bridgehead atoms. The number of carbonyl (C=O) groups excluding carboxylic acids is 2. The lowest BCUT2D eigenvalue weighted by Gasteiger charge is -2.32. The molecule has 3 fully saturated rings. The van der Waals surface area contributed by atoms with E-state index in [2.05, 4.69) is 19.1 Å². The van der Waals surface area contributed by atoms with Gasteiger partial charge in [-0.2, -0.15) is 0 Å². The fraction of sp³-hybridized carbons (Fsp3) is 0.643. The smallest absolute Gasteiger partial charge is 0.153 e. The minimum absolute atomic E-state index is 0.209. The lowest BCUT2D eigenvalue weighted by atomic mass is 9.77. The summed E-state index contributed by atoms with van der Waals surface area (Å²) in [4.78, 5) is 23.1. The third kappa shape index (κ3) is 5.30. The highest BCUT2D eigenvalue weighted by molar-refractivity contribution is 5.80. The Balaban J connectivity index is 1.47. The molecule has 4 rings (SSSR count). The number of benzene rings is 1. The van der Waals surface area contributed by atoms with Crippen LogP contribution in [0.15, 0.2) is 29.5 Å². The molecule has 0 N–H and O–H groups in total. The number of hydrogen-bond donors (Lipinski definition) is 0. The zero-order valence-electron chi connectivity index (χ0n) is 19.1. The first kappa shape index (κ1) is 22.3. The summed E-state index contributed by atoms with van der Waals surface area (Å²) in [7, 11) is 0. The molecule has 0 unspecified atom stereocenters. The quantitative estimate of drug-likeness (QED) is 0.324. The van der Waals surface area contributed by atoms with Gasteiger partial charge in [0.25, 0.3) is 0 Å². The monoisotopic (exact) mass is 422 g/mol. The Kier molecular flexibility index (Phi) is 7.63. The van der Waals surface area contributed by atoms with E-state index in [-0.39, 0.29) is 5.92 Å². The topological polar surface area (TPSA) is 43.4 Å². The first-order chi connectivity index (χ1) is 15.2. The van der Waals surface area contributed by atoms with Gasteiger partial charge in [0.1, 0.15) is 17.8 Å². The maximum Gasteiger partial charge on any atom is 0.153 e. The lowest BCUT2D eigenvalue weighted by molar-refractivity contribution is -0.112. The van der Waals surface area contributed by atoms with E-state index in [1.165, 1.54) is 56.1 Å². The Hall–Kier alpha value is -1.90. The molecule has 0 saturated heterocycles. The number of allylic oxidation sites excluding steroid dienone is 2. The molecule has 0 aromatic heterocycles. The summed E-state index contributed by atoms with van der Waals surface area (Å²) in [6.07, 6.45) is 17.2. The van der Waals surface area contributed by atoms with Gasteiger partial charge in [-0.3, -0.25) is 4.79 Å². The van der Waals surface area contributed by atoms with Crippen LogP contribution in [0.25, 0.3) is 0 Å². The molecule has 3 saturated carbocycles. The second-order valence-electron chi connectivity index (χ2n) is 10.1. The zero-order valence-corrected chi connectivity index (χ0v) is 19.1. The van der Waals surface area contributed by atoms with Crippen molar-refractivity contribution < 1.29 is 14.3 Å². The molecule has 0 spiro atoms. The standard InChI is InChI=1S/C28H38O3/c1-2-4-20-7-11-22(12-8-20)25-15-16-27(26(17-25)19-30)31-28(23-5-3-6-23)24-13-9-21(18-29)10-14-24/h15-22,24H,2-14H2,1H3. The van der Waals surface area contributed by atoms with Gasteiger partial charge in [0.15, 0.2) is 6.29 Å². The summed E-state index contributed by atoms with van der Waals surface area (Å²) in [6, 6.07) is 6.31. The number of aldehydes is 2. The maximum atomic E-state index is 12.0. The Bertz CT molecular complexity index is 786. The molecule has 0 radical (unpaired) electrons. The van der Waals surface area contributed by atoms with Crippen molar-refractivity contribution >= 4 is 12.6 Å². The zero-order chi connectivity index (χ0) is 21.6. The highest BCUT2D eigenvalue weighted by atomic mass is 16.5. The third-order valence-corrected chi connectivity index (χ3v) is 8.04. The van der Waals surface area contributed by atoms with E-state index in [0.29, 0.717) is 23.1 Å². The lowest BCUT2D eigenvalue weighted by Crippen LogP contribution is -2.22. The van der Waals surface area contributed by atoms with E-state index in [9.17, 15) is 9.59 Å². The third-order valence-electron chi connectivity index (χ3n) is 8.04. The maximum absolute atomic E-state index is 12.0. The van der Waals surface area contributed by atoms with E-state index >= 15 is 0 Å². The summed E-state index contributed by atoms with van der Waals surface area (Å²) in [5, 5.41) is 0. The van der Waals surface area contributed by atoms with Gasteiger partial charge >= 0.3 is 0 Å². The van der Waals surface area contributed by atoms with Gasteiger partial charge in [-0.05, 0) is 106 Å². The first-order valence-corrected chi connectivity index (χ1v) is 12.7. The van der Waals surface area contributed by atoms with Crippen LogP contribution in [0, 0.1) is 17.8 Å². The number of hydrogen-bond acceptors (Lipinski definition) is 3. The van der Waals surface area contributed by atoms with Crippen molar-refractivity contribution in [2.75, 3.05) is 0 Å². The molecule has 168 valence electrons. The van der Waals surface area contributed by atoms with Gasteiger partial charge in [0, 0.05) is 11.8 Å². The molecule has 1 aromatic rings. The summed E-state index contributed by atoms with van der Waals surface area (Å²) in [5.74, 6) is 3.88. The van der Waals surface area contributed by atoms with Crippen LogP contribution >= 0.6 is 0 Å². The van der Waals surface area contributed by atoms with E-state index in [4.69, 9.17) is 4.74 Å². The van der Waals surface area contributed by atoms with Crippen LogP contribution in [0.3, 0.4) is 0 Å². The Morgan fingerprint density at radius 1 is 1.00 bits per heavy atom. The molecule has 3 heteroatoms. The first-order valence-electron chi connectivity index (χ1n) is 12.7. The molecule has 0 atom stereocenters. The van der Waals surface area contributed by atoms with Crippen LogP contribution in [0.5, 0.6) is 5.75 Å². The minimum atomic E-state index is 0.209. The van der Waals surface area contributed by atoms with Gasteiger partial charge in [-0.25, -0.2) is 0 Å². The van der Waals surface area contributed by atoms with Crippen molar-refractivity contribution in [1.82, 2.24) is 0 Å². The second-order valence-corrected chi connectivity index (χ2v) is 10.1. The van der Waals surface area contributed by atoms with Gasteiger partial charge in [0.05, 0.1) is 5.56 Å². The highest BCUT2D eigenvalue weighted by Crippen LogP contribution is 2.42. The predicted molar refractivity (Wildman–Crippen MR) is 124 cm³/mol. The second kappa shape index (κ2) is 10.6. The van der Waals surface area contributed by atoms with Gasteiger partial charge in [0.2, 0.25) is 0 Å². The molecular weight excluding hydrogens is 384 g/mol. The van der Waals surface area contributed by atoms with Crippen LogP contribution in [0.2, 0.25) is 0 Å². The molecule has 0 aliphatic heterocycles. The molecule has 3 nitrogen and oxygen atoms in total. The molecule has 31 heavy (non-hydrogen) atoms. The van der Waals surface area contributed by atoms with E-state index in [1.54, 1.807) is 0 Å². The van der Waals surface area contributed by atoms with Crippen molar-refractivity contribution in [3.63, 3.8) is 0 Å². The summed E-state index contributed by atoms with van der Waals surface area (Å²) >= 11 is 0. The number of ether oxygens (including phenoxy) is 1. The van der Waals surface area contributed by atoms with Crippen LogP contribution in [-0.4, -0.2) is 12.6 Å². The summed E-state index contributed by atoms with van der Waals surface area (Å²) in [5.41, 5.74) is 3.41. The van der Waals surface area contributed by atoms with Gasteiger partial charge in [-0.1, -0.05) is 25.8 Å². The van der Waals surface area contributed by atoms with Crippen LogP contribution < -0.4 is 4.74 Å². The van der Waals surface area contributed by atoms with Crippen molar-refractivity contribution in [2.24, 2.45) is 17.8 Å². The predicted octanol–water partition coefficient (Wildman–Crippen LogP) is 7.40. The van der Waals surface area contributed by atoms with Crippen LogP contribution in [0.4, 0.5) is 0 Å². The normalized spacial score (nSPS) is 28.5. The average Bonchev–Trinajstić information content (AvgIpc) is 2.78. The number of carbonyl (C=O) groups is 2. The Labute approximate surface area is 187 Å². The average molecular weight is 423 g/mol. The molecule has 0 heterocycles. The molecule has 3 aliphatic rings. The molecular formula is C28H38O3. The van der Waals surface area contributed by atoms with Crippen molar-refractivity contribution in [3.8, 4) is 5.75 Å². The van der Waals surface area contributed by atoms with Crippen molar-refractivity contribution in [3.05, 3.63) is 40.7 Å². The fourth-order valence-corrected chi connectivity index (χ4v) is 5.88. The Morgan fingerprint density at radius 3 is 2.32 bits per heavy atom. The van der Waals surface area contributed by atoms with E-state index in [1.807, 2.05) is 6.07 Å². The summed E-state index contributed by atoms with van der Waals surface area (Å²) < 4.78 is 6.50. The molecule has 0 amide bonds. The largest absolute Gasteiger partial charge is 0.461 e. The minimum Gasteiger partial charge on any atom is -0.461 e. The SMILES string of the molecule is CCCC1CCC(c2ccc(OC(=C3CCC3)C3CCC(C=O)CC3)c(C=O)c2)CC1. The van der Waals surface area contributed by atoms with Crippen molar-refractivity contribution in [2.45, 2.75) is 96.3 Å². The van der Waals surface area contributed by atoms with E-state index in [0.717, 1.165) is 62.8 Å². The highest BCUT2D eigenvalue weighted by Gasteiger charge is 2.30. The van der Waals surface area contributed by atoms with Gasteiger partial charge < -0.3 is 9.53 Å². The van der Waals surface area contributed by atoms with Crippen LogP contribution in [-0.2, 0) is 4.79 Å². The molecule has 3 aliphatic carbocycles. The summed E-state index contributed by atoms with van der Waals surface area (Å²) in [6.45, 7) is 2.28. The van der Waals surface area contributed by atoms with Gasteiger partial charge in [-0.15, -0.1) is 0 Å². The van der Waals surface area contributed by atoms with Crippen molar-refractivity contribution in [1.29, 1.82) is 0 Å². The van der Waals surface area contributed by atoms with E-state index < -0.39 is 0 Å². The van der Waals surface area contributed by atoms with Crippen LogP contribution in [0.1, 0.15) is 112 Å². The molecule has 1 aromatic carbocycles.